The summed E-state index contributed by atoms with van der Waals surface area (Å²) in [5.74, 6) is -0.0936. The molecule has 0 aliphatic heterocycles. The van der Waals surface area contributed by atoms with Crippen molar-refractivity contribution in [1.82, 2.24) is 10.3 Å². The van der Waals surface area contributed by atoms with Gasteiger partial charge in [0.2, 0.25) is 0 Å². The minimum atomic E-state index is -0.0936. The monoisotopic (exact) mass is 269 g/mol. The largest absolute Gasteiger partial charge is 0.383 e. The van der Waals surface area contributed by atoms with Crippen LogP contribution < -0.4 is 10.6 Å². The highest BCUT2D eigenvalue weighted by Gasteiger charge is 2.10. The van der Waals surface area contributed by atoms with Gasteiger partial charge < -0.3 is 10.6 Å². The number of aromatic nitrogens is 1. The predicted molar refractivity (Wildman–Crippen MR) is 80.7 cm³/mol. The number of aryl methyl sites for hydroxylation is 1. The number of carbonyl (C=O) groups excluding carboxylic acids is 1. The summed E-state index contributed by atoms with van der Waals surface area (Å²) in [6.07, 6.45) is 3.30. The molecule has 1 amide bonds. The van der Waals surface area contributed by atoms with E-state index in [1.807, 2.05) is 38.1 Å². The Bertz CT molecular complexity index is 579. The van der Waals surface area contributed by atoms with Crippen LogP contribution in [0.15, 0.2) is 42.7 Å². The molecule has 0 unspecified atom stereocenters. The third-order valence-corrected chi connectivity index (χ3v) is 3.01. The first-order valence-corrected chi connectivity index (χ1v) is 6.72. The summed E-state index contributed by atoms with van der Waals surface area (Å²) < 4.78 is 0. The van der Waals surface area contributed by atoms with Gasteiger partial charge in [-0.1, -0.05) is 29.8 Å². The molecule has 0 spiro atoms. The second-order valence-electron chi connectivity index (χ2n) is 4.62. The van der Waals surface area contributed by atoms with E-state index in [0.717, 1.165) is 17.8 Å². The number of carbonyl (C=O) groups is 1. The van der Waals surface area contributed by atoms with Crippen molar-refractivity contribution < 1.29 is 4.79 Å². The summed E-state index contributed by atoms with van der Waals surface area (Å²) in [5, 5.41) is 6.07. The number of amides is 1. The molecular weight excluding hydrogens is 250 g/mol. The van der Waals surface area contributed by atoms with E-state index >= 15 is 0 Å². The van der Waals surface area contributed by atoms with E-state index in [4.69, 9.17) is 0 Å². The molecule has 0 bridgehead atoms. The third-order valence-electron chi connectivity index (χ3n) is 3.01. The van der Waals surface area contributed by atoms with E-state index in [0.29, 0.717) is 12.1 Å². The molecule has 104 valence electrons. The van der Waals surface area contributed by atoms with Crippen LogP contribution in [0.2, 0.25) is 0 Å². The normalized spacial score (nSPS) is 10.1. The van der Waals surface area contributed by atoms with E-state index < -0.39 is 0 Å². The average molecular weight is 269 g/mol. The Labute approximate surface area is 119 Å². The van der Waals surface area contributed by atoms with Gasteiger partial charge in [0.05, 0.1) is 17.4 Å². The summed E-state index contributed by atoms with van der Waals surface area (Å²) >= 11 is 0. The zero-order chi connectivity index (χ0) is 14.4. The van der Waals surface area contributed by atoms with Crippen LogP contribution in [0.25, 0.3) is 0 Å². The molecule has 0 fully saturated rings. The Morgan fingerprint density at radius 1 is 1.20 bits per heavy atom. The Balaban J connectivity index is 2.03. The summed E-state index contributed by atoms with van der Waals surface area (Å²) in [7, 11) is 0. The summed E-state index contributed by atoms with van der Waals surface area (Å²) in [4.78, 5) is 16.2. The molecule has 0 atom stereocenters. The number of anilines is 1. The van der Waals surface area contributed by atoms with Gasteiger partial charge in [0, 0.05) is 19.3 Å². The minimum absolute atomic E-state index is 0.0936. The zero-order valence-electron chi connectivity index (χ0n) is 11.8. The molecule has 0 aliphatic carbocycles. The Morgan fingerprint density at radius 2 is 1.95 bits per heavy atom. The fourth-order valence-electron chi connectivity index (χ4n) is 1.91. The topological polar surface area (TPSA) is 54.0 Å². The van der Waals surface area contributed by atoms with Crippen LogP contribution in [0.5, 0.6) is 0 Å². The smallest absolute Gasteiger partial charge is 0.253 e. The predicted octanol–water partition coefficient (Wildman–Crippen LogP) is 2.75. The molecule has 20 heavy (non-hydrogen) atoms. The van der Waals surface area contributed by atoms with Gasteiger partial charge in [0.15, 0.2) is 0 Å². The molecule has 0 saturated carbocycles. The maximum Gasteiger partial charge on any atom is 0.253 e. The van der Waals surface area contributed by atoms with Crippen LogP contribution in [0.4, 0.5) is 5.69 Å². The molecule has 2 aromatic rings. The number of nitrogens with one attached hydrogen (secondary N) is 2. The molecule has 2 N–H and O–H groups in total. The highest BCUT2D eigenvalue weighted by atomic mass is 16.1. The van der Waals surface area contributed by atoms with Crippen molar-refractivity contribution in [3.63, 3.8) is 0 Å². The van der Waals surface area contributed by atoms with Crippen molar-refractivity contribution in [3.05, 3.63) is 59.4 Å². The lowest BCUT2D eigenvalue weighted by atomic mass is 10.1. The van der Waals surface area contributed by atoms with Crippen molar-refractivity contribution >= 4 is 11.6 Å². The number of benzene rings is 1. The molecule has 1 aromatic carbocycles. The van der Waals surface area contributed by atoms with Gasteiger partial charge in [0.1, 0.15) is 0 Å². The van der Waals surface area contributed by atoms with Crippen LogP contribution in [-0.4, -0.2) is 17.4 Å². The molecule has 4 heteroatoms. The average Bonchev–Trinajstić information content (AvgIpc) is 2.47. The van der Waals surface area contributed by atoms with Gasteiger partial charge in [-0.25, -0.2) is 0 Å². The van der Waals surface area contributed by atoms with E-state index in [2.05, 4.69) is 15.6 Å². The van der Waals surface area contributed by atoms with Crippen LogP contribution in [-0.2, 0) is 6.54 Å². The molecule has 1 heterocycles. The number of pyridine rings is 1. The lowest BCUT2D eigenvalue weighted by molar-refractivity contribution is 0.0951. The maximum absolute atomic E-state index is 12.2. The Kier molecular flexibility index (Phi) is 4.71. The van der Waals surface area contributed by atoms with E-state index in [1.165, 1.54) is 5.56 Å². The standard InChI is InChI=1S/C16H19N3O/c1-3-18-15-11-17-9-8-14(15)16(20)19-10-13-6-4-12(2)5-7-13/h4-9,11,18H,3,10H2,1-2H3,(H,19,20). The second-order valence-corrected chi connectivity index (χ2v) is 4.62. The molecule has 0 saturated heterocycles. The van der Waals surface area contributed by atoms with Crippen LogP contribution >= 0.6 is 0 Å². The molecule has 1 aromatic heterocycles. The van der Waals surface area contributed by atoms with E-state index in [9.17, 15) is 4.79 Å². The van der Waals surface area contributed by atoms with Crippen molar-refractivity contribution in [2.45, 2.75) is 20.4 Å². The first-order chi connectivity index (χ1) is 9.70. The first kappa shape index (κ1) is 14.1. The van der Waals surface area contributed by atoms with Gasteiger partial charge in [-0.15, -0.1) is 0 Å². The van der Waals surface area contributed by atoms with Crippen LogP contribution in [0, 0.1) is 6.92 Å². The zero-order valence-corrected chi connectivity index (χ0v) is 11.8. The highest BCUT2D eigenvalue weighted by molar-refractivity contribution is 5.99. The summed E-state index contributed by atoms with van der Waals surface area (Å²) in [5.41, 5.74) is 3.68. The van der Waals surface area contributed by atoms with Gasteiger partial charge in [-0.3, -0.25) is 9.78 Å². The fourth-order valence-corrected chi connectivity index (χ4v) is 1.91. The van der Waals surface area contributed by atoms with Crippen molar-refractivity contribution in [2.75, 3.05) is 11.9 Å². The van der Waals surface area contributed by atoms with Gasteiger partial charge in [-0.05, 0) is 25.5 Å². The van der Waals surface area contributed by atoms with E-state index in [1.54, 1.807) is 18.5 Å². The Morgan fingerprint density at radius 3 is 2.65 bits per heavy atom. The molecule has 0 aliphatic rings. The van der Waals surface area contributed by atoms with Gasteiger partial charge in [0.25, 0.3) is 5.91 Å². The molecule has 2 rings (SSSR count). The molecule has 0 radical (unpaired) electrons. The number of nitrogens with zero attached hydrogens (tertiary/aromatic N) is 1. The summed E-state index contributed by atoms with van der Waals surface area (Å²) in [6, 6.07) is 9.85. The van der Waals surface area contributed by atoms with Crippen molar-refractivity contribution in [1.29, 1.82) is 0 Å². The SMILES string of the molecule is CCNc1cnccc1C(=O)NCc1ccc(C)cc1. The van der Waals surface area contributed by atoms with Gasteiger partial charge in [-0.2, -0.15) is 0 Å². The molecule has 4 nitrogen and oxygen atoms in total. The second kappa shape index (κ2) is 6.70. The number of rotatable bonds is 5. The van der Waals surface area contributed by atoms with Crippen molar-refractivity contribution in [2.24, 2.45) is 0 Å². The quantitative estimate of drug-likeness (QED) is 0.877. The Hall–Kier alpha value is -2.36. The van der Waals surface area contributed by atoms with Crippen LogP contribution in [0.3, 0.4) is 0 Å². The number of hydrogen-bond acceptors (Lipinski definition) is 3. The first-order valence-electron chi connectivity index (χ1n) is 6.72. The lowest BCUT2D eigenvalue weighted by Gasteiger charge is -2.10. The maximum atomic E-state index is 12.2. The highest BCUT2D eigenvalue weighted by Crippen LogP contribution is 2.13. The van der Waals surface area contributed by atoms with Crippen LogP contribution in [0.1, 0.15) is 28.4 Å². The van der Waals surface area contributed by atoms with E-state index in [-0.39, 0.29) is 5.91 Å². The minimum Gasteiger partial charge on any atom is -0.383 e. The van der Waals surface area contributed by atoms with Gasteiger partial charge >= 0.3 is 0 Å². The lowest BCUT2D eigenvalue weighted by Crippen LogP contribution is -2.24. The molecular formula is C16H19N3O. The van der Waals surface area contributed by atoms with Crippen molar-refractivity contribution in [3.8, 4) is 0 Å². The fraction of sp³-hybridized carbons (Fsp3) is 0.250. The number of hydrogen-bond donors (Lipinski definition) is 2. The third kappa shape index (κ3) is 3.57. The summed E-state index contributed by atoms with van der Waals surface area (Å²) in [6.45, 7) is 5.31.